The van der Waals surface area contributed by atoms with Crippen LogP contribution in [0.25, 0.3) is 0 Å². The Morgan fingerprint density at radius 1 is 1.25 bits per heavy atom. The van der Waals surface area contributed by atoms with Crippen LogP contribution in [0.5, 0.6) is 0 Å². The maximum Gasteiger partial charge on any atom is 0.0469 e. The first-order valence-corrected chi connectivity index (χ1v) is 5.13. The Balaban J connectivity index is 3.26. The predicted octanol–water partition coefficient (Wildman–Crippen LogP) is 2.05. The number of rotatable bonds is 8. The summed E-state index contributed by atoms with van der Waals surface area (Å²) in [6.45, 7) is 10.4. The molecule has 0 saturated heterocycles. The topological polar surface area (TPSA) is 21.3 Å². The molecule has 0 radical (unpaired) electrons. The molecule has 0 fully saturated rings. The van der Waals surface area contributed by atoms with Crippen molar-refractivity contribution in [3.63, 3.8) is 0 Å². The average molecular weight is 173 g/mol. The van der Waals surface area contributed by atoms with Gasteiger partial charge in [-0.1, -0.05) is 20.3 Å². The first kappa shape index (κ1) is 11.9. The van der Waals surface area contributed by atoms with Gasteiger partial charge in [0.1, 0.15) is 0 Å². The highest BCUT2D eigenvalue weighted by Gasteiger charge is 2.04. The fourth-order valence-electron chi connectivity index (χ4n) is 1.19. The molecule has 0 saturated carbocycles. The van der Waals surface area contributed by atoms with Gasteiger partial charge in [-0.05, 0) is 32.4 Å². The van der Waals surface area contributed by atoms with Crippen LogP contribution in [0.4, 0.5) is 0 Å². The van der Waals surface area contributed by atoms with Crippen LogP contribution in [0.1, 0.15) is 33.6 Å². The number of ether oxygens (including phenoxy) is 1. The van der Waals surface area contributed by atoms with Gasteiger partial charge in [-0.25, -0.2) is 0 Å². The van der Waals surface area contributed by atoms with Gasteiger partial charge in [0.15, 0.2) is 0 Å². The lowest BCUT2D eigenvalue weighted by molar-refractivity contribution is 0.131. The summed E-state index contributed by atoms with van der Waals surface area (Å²) >= 11 is 0. The minimum atomic E-state index is 0.788. The van der Waals surface area contributed by atoms with Crippen molar-refractivity contribution in [3.05, 3.63) is 0 Å². The van der Waals surface area contributed by atoms with Gasteiger partial charge in [-0.3, -0.25) is 0 Å². The summed E-state index contributed by atoms with van der Waals surface area (Å²) in [5.74, 6) is 0.788. The maximum atomic E-state index is 5.32. The van der Waals surface area contributed by atoms with Crippen molar-refractivity contribution in [2.24, 2.45) is 5.92 Å². The third-order valence-corrected chi connectivity index (χ3v) is 2.13. The zero-order valence-corrected chi connectivity index (χ0v) is 8.73. The van der Waals surface area contributed by atoms with Crippen molar-refractivity contribution in [2.45, 2.75) is 33.6 Å². The minimum absolute atomic E-state index is 0.788. The number of hydrogen-bond donors (Lipinski definition) is 1. The maximum absolute atomic E-state index is 5.32. The van der Waals surface area contributed by atoms with Crippen molar-refractivity contribution in [3.8, 4) is 0 Å². The van der Waals surface area contributed by atoms with Gasteiger partial charge in [0.25, 0.3) is 0 Å². The molecule has 0 aliphatic rings. The summed E-state index contributed by atoms with van der Waals surface area (Å²) in [5.41, 5.74) is 0. The Labute approximate surface area is 76.7 Å². The van der Waals surface area contributed by atoms with E-state index in [0.29, 0.717) is 0 Å². The average Bonchev–Trinajstić information content (AvgIpc) is 2.11. The van der Waals surface area contributed by atoms with Gasteiger partial charge in [0, 0.05) is 13.2 Å². The molecule has 1 N–H and O–H groups in total. The van der Waals surface area contributed by atoms with E-state index >= 15 is 0 Å². The Hall–Kier alpha value is -0.0800. The van der Waals surface area contributed by atoms with Gasteiger partial charge >= 0.3 is 0 Å². The smallest absolute Gasteiger partial charge is 0.0469 e. The van der Waals surface area contributed by atoms with Crippen molar-refractivity contribution < 1.29 is 4.74 Å². The number of nitrogens with one attached hydrogen (secondary N) is 1. The predicted molar refractivity (Wildman–Crippen MR) is 53.4 cm³/mol. The summed E-state index contributed by atoms with van der Waals surface area (Å²) in [7, 11) is 0. The molecule has 0 aromatic rings. The molecular formula is C10H23NO. The molecule has 74 valence electrons. The standard InChI is InChI=1S/C10H23NO/c1-4-10(9-11-5-2)7-8-12-6-3/h10-11H,4-9H2,1-3H3. The molecular weight excluding hydrogens is 150 g/mol. The molecule has 12 heavy (non-hydrogen) atoms. The summed E-state index contributed by atoms with van der Waals surface area (Å²) in [6.07, 6.45) is 2.44. The van der Waals surface area contributed by atoms with E-state index in [2.05, 4.69) is 19.2 Å². The van der Waals surface area contributed by atoms with E-state index < -0.39 is 0 Å². The fraction of sp³-hybridized carbons (Fsp3) is 1.00. The summed E-state index contributed by atoms with van der Waals surface area (Å²) < 4.78 is 5.32. The van der Waals surface area contributed by atoms with Crippen LogP contribution in [-0.2, 0) is 4.74 Å². The first-order chi connectivity index (χ1) is 5.85. The molecule has 0 amide bonds. The van der Waals surface area contributed by atoms with E-state index in [1.165, 1.54) is 12.8 Å². The van der Waals surface area contributed by atoms with Crippen LogP contribution in [-0.4, -0.2) is 26.3 Å². The Morgan fingerprint density at radius 3 is 2.50 bits per heavy atom. The van der Waals surface area contributed by atoms with Crippen molar-refractivity contribution in [1.29, 1.82) is 0 Å². The van der Waals surface area contributed by atoms with Gasteiger partial charge in [0.05, 0.1) is 0 Å². The third kappa shape index (κ3) is 6.62. The molecule has 1 atom stereocenters. The highest BCUT2D eigenvalue weighted by Crippen LogP contribution is 2.06. The zero-order valence-electron chi connectivity index (χ0n) is 8.73. The number of hydrogen-bond acceptors (Lipinski definition) is 2. The molecule has 0 aromatic heterocycles. The normalized spacial score (nSPS) is 13.2. The first-order valence-electron chi connectivity index (χ1n) is 5.13. The van der Waals surface area contributed by atoms with Gasteiger partial charge < -0.3 is 10.1 Å². The highest BCUT2D eigenvalue weighted by molar-refractivity contribution is 4.59. The summed E-state index contributed by atoms with van der Waals surface area (Å²) in [6, 6.07) is 0. The Kier molecular flexibility index (Phi) is 8.95. The molecule has 0 aliphatic carbocycles. The van der Waals surface area contributed by atoms with Gasteiger partial charge in [-0.15, -0.1) is 0 Å². The molecule has 2 nitrogen and oxygen atoms in total. The minimum Gasteiger partial charge on any atom is -0.382 e. The Morgan fingerprint density at radius 2 is 2.00 bits per heavy atom. The van der Waals surface area contributed by atoms with Crippen molar-refractivity contribution >= 4 is 0 Å². The largest absolute Gasteiger partial charge is 0.382 e. The van der Waals surface area contributed by atoms with Crippen LogP contribution >= 0.6 is 0 Å². The molecule has 0 heterocycles. The van der Waals surface area contributed by atoms with Gasteiger partial charge in [-0.2, -0.15) is 0 Å². The van der Waals surface area contributed by atoms with E-state index in [9.17, 15) is 0 Å². The molecule has 0 spiro atoms. The second-order valence-corrected chi connectivity index (χ2v) is 3.07. The van der Waals surface area contributed by atoms with E-state index in [-0.39, 0.29) is 0 Å². The summed E-state index contributed by atoms with van der Waals surface area (Å²) in [5, 5.41) is 3.37. The van der Waals surface area contributed by atoms with Crippen LogP contribution < -0.4 is 5.32 Å². The van der Waals surface area contributed by atoms with E-state index in [0.717, 1.165) is 32.2 Å². The quantitative estimate of drug-likeness (QED) is 0.567. The van der Waals surface area contributed by atoms with Crippen LogP contribution in [0, 0.1) is 5.92 Å². The molecule has 0 rings (SSSR count). The van der Waals surface area contributed by atoms with Crippen molar-refractivity contribution in [2.75, 3.05) is 26.3 Å². The van der Waals surface area contributed by atoms with Crippen LogP contribution in [0.15, 0.2) is 0 Å². The fourth-order valence-corrected chi connectivity index (χ4v) is 1.19. The van der Waals surface area contributed by atoms with E-state index in [1.54, 1.807) is 0 Å². The zero-order chi connectivity index (χ0) is 9.23. The SMILES string of the molecule is CCNCC(CC)CCOCC. The lowest BCUT2D eigenvalue weighted by atomic mass is 10.0. The molecule has 1 unspecified atom stereocenters. The molecule has 0 bridgehead atoms. The second kappa shape index (κ2) is 9.01. The summed E-state index contributed by atoms with van der Waals surface area (Å²) in [4.78, 5) is 0. The van der Waals surface area contributed by atoms with Crippen molar-refractivity contribution in [1.82, 2.24) is 5.32 Å². The van der Waals surface area contributed by atoms with E-state index in [1.807, 2.05) is 6.92 Å². The second-order valence-electron chi connectivity index (χ2n) is 3.07. The third-order valence-electron chi connectivity index (χ3n) is 2.13. The molecule has 0 aromatic carbocycles. The molecule has 2 heteroatoms. The Bertz CT molecular complexity index is 85.9. The lowest BCUT2D eigenvalue weighted by Crippen LogP contribution is -2.23. The van der Waals surface area contributed by atoms with Gasteiger partial charge in [0.2, 0.25) is 0 Å². The monoisotopic (exact) mass is 173 g/mol. The lowest BCUT2D eigenvalue weighted by Gasteiger charge is -2.14. The molecule has 0 aliphatic heterocycles. The highest BCUT2D eigenvalue weighted by atomic mass is 16.5. The van der Waals surface area contributed by atoms with Crippen LogP contribution in [0.2, 0.25) is 0 Å². The van der Waals surface area contributed by atoms with Crippen LogP contribution in [0.3, 0.4) is 0 Å². The van der Waals surface area contributed by atoms with E-state index in [4.69, 9.17) is 4.74 Å².